The number of pyridine rings is 1. The second-order valence-corrected chi connectivity index (χ2v) is 8.13. The van der Waals surface area contributed by atoms with Crippen LogP contribution < -0.4 is 9.62 Å². The van der Waals surface area contributed by atoms with E-state index in [4.69, 9.17) is 4.52 Å². The van der Waals surface area contributed by atoms with Crippen LogP contribution in [0.2, 0.25) is 0 Å². The van der Waals surface area contributed by atoms with E-state index in [1.807, 2.05) is 0 Å². The number of anilines is 1. The molecular weight excluding hydrogens is 354 g/mol. The molecule has 0 saturated carbocycles. The summed E-state index contributed by atoms with van der Waals surface area (Å²) in [4.78, 5) is 6.52. The minimum atomic E-state index is -3.63. The largest absolute Gasteiger partial charge is 0.360 e. The van der Waals surface area contributed by atoms with Crippen molar-refractivity contribution >= 4 is 15.8 Å². The summed E-state index contributed by atoms with van der Waals surface area (Å²) in [5.74, 6) is 1.23. The van der Waals surface area contributed by atoms with Crippen molar-refractivity contribution in [1.82, 2.24) is 14.9 Å². The van der Waals surface area contributed by atoms with Crippen LogP contribution in [-0.2, 0) is 10.0 Å². The Morgan fingerprint density at radius 1 is 1.38 bits per heavy atom. The number of hydrogen-bond donors (Lipinski definition) is 1. The zero-order chi connectivity index (χ0) is 18.7. The van der Waals surface area contributed by atoms with Gasteiger partial charge in [0, 0.05) is 25.8 Å². The van der Waals surface area contributed by atoms with Crippen molar-refractivity contribution in [3.8, 4) is 6.07 Å². The summed E-state index contributed by atoms with van der Waals surface area (Å²) in [6, 6.07) is 5.67. The summed E-state index contributed by atoms with van der Waals surface area (Å²) in [5.41, 5.74) is 0.925. The van der Waals surface area contributed by atoms with Crippen molar-refractivity contribution in [3.05, 3.63) is 35.3 Å². The maximum atomic E-state index is 12.5. The lowest BCUT2D eigenvalue weighted by Crippen LogP contribution is -2.39. The molecule has 138 valence electrons. The fraction of sp³-hybridized carbons (Fsp3) is 0.471. The normalized spacial score (nSPS) is 15.8. The summed E-state index contributed by atoms with van der Waals surface area (Å²) in [6.45, 7) is 5.05. The molecule has 2 aromatic heterocycles. The van der Waals surface area contributed by atoms with Gasteiger partial charge in [0.05, 0.1) is 5.56 Å². The smallest absolute Gasteiger partial charge is 0.245 e. The first kappa shape index (κ1) is 18.4. The first-order valence-corrected chi connectivity index (χ1v) is 9.93. The number of nitrogens with one attached hydrogen (secondary N) is 1. The summed E-state index contributed by atoms with van der Waals surface area (Å²) >= 11 is 0. The minimum absolute atomic E-state index is 0.127. The van der Waals surface area contributed by atoms with Gasteiger partial charge in [0.2, 0.25) is 10.0 Å². The fourth-order valence-corrected chi connectivity index (χ4v) is 4.68. The van der Waals surface area contributed by atoms with Crippen LogP contribution in [0.3, 0.4) is 0 Å². The van der Waals surface area contributed by atoms with E-state index in [-0.39, 0.29) is 10.8 Å². The van der Waals surface area contributed by atoms with Crippen LogP contribution in [0.25, 0.3) is 0 Å². The highest BCUT2D eigenvalue weighted by atomic mass is 32.2. The van der Waals surface area contributed by atoms with Crippen LogP contribution in [0.1, 0.15) is 29.9 Å². The molecule has 1 fully saturated rings. The molecule has 0 radical (unpaired) electrons. The molecule has 0 bridgehead atoms. The molecule has 0 aromatic carbocycles. The van der Waals surface area contributed by atoms with Crippen LogP contribution in [0, 0.1) is 31.1 Å². The molecule has 8 nitrogen and oxygen atoms in total. The van der Waals surface area contributed by atoms with Gasteiger partial charge in [0.1, 0.15) is 22.5 Å². The summed E-state index contributed by atoms with van der Waals surface area (Å²) in [7, 11) is -3.63. The van der Waals surface area contributed by atoms with Crippen LogP contribution in [0.5, 0.6) is 0 Å². The van der Waals surface area contributed by atoms with Gasteiger partial charge >= 0.3 is 0 Å². The monoisotopic (exact) mass is 375 g/mol. The van der Waals surface area contributed by atoms with Gasteiger partial charge in [-0.1, -0.05) is 5.16 Å². The Hall–Kier alpha value is -2.44. The standard InChI is InChI=1S/C17H21N5O3S/c1-12-16(13(2)25-21-12)26(23,24)20-11-14-5-8-22(9-6-14)17-15(10-18)4-3-7-19-17/h3-4,7,14,20H,5-6,8-9,11H2,1-2H3. The average molecular weight is 375 g/mol. The lowest BCUT2D eigenvalue weighted by atomic mass is 9.97. The molecule has 9 heteroatoms. The highest BCUT2D eigenvalue weighted by Crippen LogP contribution is 2.25. The summed E-state index contributed by atoms with van der Waals surface area (Å²) in [6.07, 6.45) is 3.33. The predicted octanol–water partition coefficient (Wildman–Crippen LogP) is 1.75. The van der Waals surface area contributed by atoms with Crippen LogP contribution in [0.4, 0.5) is 5.82 Å². The lowest BCUT2D eigenvalue weighted by Gasteiger charge is -2.33. The highest BCUT2D eigenvalue weighted by molar-refractivity contribution is 7.89. The number of nitrogens with zero attached hydrogens (tertiary/aromatic N) is 4. The SMILES string of the molecule is Cc1noc(C)c1S(=O)(=O)NCC1CCN(c2ncccc2C#N)CC1. The molecule has 1 aliphatic rings. The molecular formula is C17H21N5O3S. The van der Waals surface area contributed by atoms with E-state index in [1.54, 1.807) is 32.2 Å². The van der Waals surface area contributed by atoms with Crippen molar-refractivity contribution in [2.24, 2.45) is 5.92 Å². The van der Waals surface area contributed by atoms with Crippen LogP contribution in [0.15, 0.2) is 27.7 Å². The van der Waals surface area contributed by atoms with Gasteiger partial charge in [-0.25, -0.2) is 18.1 Å². The molecule has 1 aliphatic heterocycles. The van der Waals surface area contributed by atoms with E-state index < -0.39 is 10.0 Å². The molecule has 0 spiro atoms. The third kappa shape index (κ3) is 3.71. The van der Waals surface area contributed by atoms with Gasteiger partial charge < -0.3 is 9.42 Å². The summed E-state index contributed by atoms with van der Waals surface area (Å²) in [5, 5.41) is 12.9. The molecule has 1 saturated heterocycles. The van der Waals surface area contributed by atoms with E-state index in [1.165, 1.54) is 0 Å². The third-order valence-electron chi connectivity index (χ3n) is 4.62. The maximum Gasteiger partial charge on any atom is 0.245 e. The predicted molar refractivity (Wildman–Crippen MR) is 95.1 cm³/mol. The Labute approximate surface area is 152 Å². The number of sulfonamides is 1. The number of nitriles is 1. The highest BCUT2D eigenvalue weighted by Gasteiger charge is 2.27. The Balaban J connectivity index is 1.59. The van der Waals surface area contributed by atoms with E-state index in [9.17, 15) is 13.7 Å². The van der Waals surface area contributed by atoms with Crippen molar-refractivity contribution in [3.63, 3.8) is 0 Å². The van der Waals surface area contributed by atoms with Gasteiger partial charge in [0.25, 0.3) is 0 Å². The van der Waals surface area contributed by atoms with Gasteiger partial charge in [0.15, 0.2) is 5.76 Å². The Bertz CT molecular complexity index is 905. The second-order valence-electron chi connectivity index (χ2n) is 6.42. The quantitative estimate of drug-likeness (QED) is 0.847. The Morgan fingerprint density at radius 2 is 2.12 bits per heavy atom. The zero-order valence-corrected chi connectivity index (χ0v) is 15.6. The topological polar surface area (TPSA) is 112 Å². The van der Waals surface area contributed by atoms with Crippen molar-refractivity contribution in [1.29, 1.82) is 5.26 Å². The van der Waals surface area contributed by atoms with Gasteiger partial charge in [-0.15, -0.1) is 0 Å². The molecule has 1 N–H and O–H groups in total. The molecule has 3 rings (SSSR count). The van der Waals surface area contributed by atoms with Crippen molar-refractivity contribution in [2.75, 3.05) is 24.5 Å². The van der Waals surface area contributed by atoms with Crippen LogP contribution in [-0.4, -0.2) is 38.2 Å². The van der Waals surface area contributed by atoms with Gasteiger partial charge in [-0.2, -0.15) is 5.26 Å². The van der Waals surface area contributed by atoms with E-state index in [2.05, 4.69) is 25.8 Å². The Morgan fingerprint density at radius 3 is 2.73 bits per heavy atom. The first-order chi connectivity index (χ1) is 12.4. The van der Waals surface area contributed by atoms with Gasteiger partial charge in [-0.05, 0) is 44.7 Å². The average Bonchev–Trinajstić information content (AvgIpc) is 2.99. The molecule has 2 aromatic rings. The van der Waals surface area contributed by atoms with Gasteiger partial charge in [-0.3, -0.25) is 0 Å². The van der Waals surface area contributed by atoms with Crippen molar-refractivity contribution < 1.29 is 12.9 Å². The van der Waals surface area contributed by atoms with E-state index in [0.717, 1.165) is 25.9 Å². The molecule has 3 heterocycles. The zero-order valence-electron chi connectivity index (χ0n) is 14.8. The fourth-order valence-electron chi connectivity index (χ4n) is 3.24. The maximum absolute atomic E-state index is 12.5. The second kappa shape index (κ2) is 7.43. The molecule has 0 aliphatic carbocycles. The summed E-state index contributed by atoms with van der Waals surface area (Å²) < 4.78 is 32.6. The van der Waals surface area contributed by atoms with Crippen LogP contribution >= 0.6 is 0 Å². The molecule has 26 heavy (non-hydrogen) atoms. The molecule has 0 unspecified atom stereocenters. The number of aryl methyl sites for hydroxylation is 2. The lowest BCUT2D eigenvalue weighted by molar-refractivity contribution is 0.389. The van der Waals surface area contributed by atoms with E-state index >= 15 is 0 Å². The van der Waals surface area contributed by atoms with E-state index in [0.29, 0.717) is 29.4 Å². The third-order valence-corrected chi connectivity index (χ3v) is 6.29. The number of aromatic nitrogens is 2. The first-order valence-electron chi connectivity index (χ1n) is 8.45. The Kier molecular flexibility index (Phi) is 5.25. The molecule has 0 atom stereocenters. The molecule has 0 amide bonds. The van der Waals surface area contributed by atoms with Crippen molar-refractivity contribution in [2.45, 2.75) is 31.6 Å². The number of rotatable bonds is 5. The number of hydrogen-bond acceptors (Lipinski definition) is 7. The minimum Gasteiger partial charge on any atom is -0.360 e. The number of piperidine rings is 1.